The quantitative estimate of drug-likeness (QED) is 0.767. The molecule has 0 aliphatic heterocycles. The molecule has 0 saturated carbocycles. The van der Waals surface area contributed by atoms with Crippen LogP contribution in [-0.4, -0.2) is 27.0 Å². The van der Waals surface area contributed by atoms with E-state index in [1.54, 1.807) is 17.3 Å². The Kier molecular flexibility index (Phi) is 3.87. The summed E-state index contributed by atoms with van der Waals surface area (Å²) in [7, 11) is 0. The van der Waals surface area contributed by atoms with E-state index in [-0.39, 0.29) is 0 Å². The number of ether oxygens (including phenoxy) is 1. The van der Waals surface area contributed by atoms with Crippen LogP contribution in [-0.2, 0) is 5.75 Å². The Bertz CT molecular complexity index is 402. The van der Waals surface area contributed by atoms with Crippen LogP contribution < -0.4 is 4.74 Å². The average molecular weight is 260 g/mol. The molecule has 15 heavy (non-hydrogen) atoms. The largest absolute Gasteiger partial charge is 0.469 e. The van der Waals surface area contributed by atoms with Gasteiger partial charge in [0.15, 0.2) is 4.34 Å². The molecule has 2 aromatic heterocycles. The number of rotatable bonds is 5. The molecule has 2 heterocycles. The van der Waals surface area contributed by atoms with Crippen LogP contribution in [0.25, 0.3) is 0 Å². The highest BCUT2D eigenvalue weighted by atomic mass is 32.2. The van der Waals surface area contributed by atoms with E-state index < -0.39 is 0 Å². The molecule has 8 heteroatoms. The smallest absolute Gasteiger partial charge is 0.294 e. The summed E-state index contributed by atoms with van der Waals surface area (Å²) in [6, 6.07) is 0. The highest BCUT2D eigenvalue weighted by Gasteiger charge is 2.06. The van der Waals surface area contributed by atoms with Crippen LogP contribution in [0.2, 0.25) is 0 Å². The second-order valence-electron chi connectivity index (χ2n) is 2.39. The van der Waals surface area contributed by atoms with E-state index in [0.717, 1.165) is 15.1 Å². The first-order valence-electron chi connectivity index (χ1n) is 4.22. The molecular weight excluding hydrogens is 252 g/mol. The fourth-order valence-corrected chi connectivity index (χ4v) is 3.05. The standard InChI is InChI=1S/C7H8N4OS3/c1-2-12-6-10-9-5(15-6)3-13-7-11-8-4-14-7/h4H,2-3H2,1H3. The third-order valence-corrected chi connectivity index (χ3v) is 4.27. The van der Waals surface area contributed by atoms with Gasteiger partial charge in [-0.25, -0.2) is 0 Å². The zero-order chi connectivity index (χ0) is 10.5. The summed E-state index contributed by atoms with van der Waals surface area (Å²) >= 11 is 4.60. The lowest BCUT2D eigenvalue weighted by Crippen LogP contribution is -1.89. The maximum atomic E-state index is 5.23. The molecule has 0 aromatic carbocycles. The number of thioether (sulfide) groups is 1. The van der Waals surface area contributed by atoms with Gasteiger partial charge in [-0.3, -0.25) is 0 Å². The molecule has 5 nitrogen and oxygen atoms in total. The lowest BCUT2D eigenvalue weighted by Gasteiger charge is -1.92. The Hall–Kier alpha value is -0.730. The monoisotopic (exact) mass is 260 g/mol. The molecule has 0 bridgehead atoms. The first kappa shape index (κ1) is 10.8. The third-order valence-electron chi connectivity index (χ3n) is 1.38. The van der Waals surface area contributed by atoms with Crippen LogP contribution in [0.3, 0.4) is 0 Å². The van der Waals surface area contributed by atoms with Crippen molar-refractivity contribution in [2.24, 2.45) is 0 Å². The summed E-state index contributed by atoms with van der Waals surface area (Å²) in [6.07, 6.45) is 0. The summed E-state index contributed by atoms with van der Waals surface area (Å²) in [4.78, 5) is 0. The van der Waals surface area contributed by atoms with Gasteiger partial charge in [0, 0.05) is 0 Å². The molecule has 0 atom stereocenters. The lowest BCUT2D eigenvalue weighted by atomic mass is 10.9. The van der Waals surface area contributed by atoms with Crippen molar-refractivity contribution in [2.75, 3.05) is 6.61 Å². The molecule has 80 valence electrons. The molecule has 0 fully saturated rings. The predicted octanol–water partition coefficient (Wildman–Crippen LogP) is 2.08. The minimum atomic E-state index is 0.623. The normalized spacial score (nSPS) is 10.5. The van der Waals surface area contributed by atoms with Gasteiger partial charge in [-0.2, -0.15) is 0 Å². The maximum Gasteiger partial charge on any atom is 0.294 e. The zero-order valence-electron chi connectivity index (χ0n) is 7.91. The van der Waals surface area contributed by atoms with Crippen LogP contribution in [0.15, 0.2) is 9.85 Å². The first-order chi connectivity index (χ1) is 7.38. The van der Waals surface area contributed by atoms with Crippen molar-refractivity contribution in [2.45, 2.75) is 17.0 Å². The minimum absolute atomic E-state index is 0.623. The van der Waals surface area contributed by atoms with E-state index in [4.69, 9.17) is 4.74 Å². The van der Waals surface area contributed by atoms with Crippen molar-refractivity contribution in [1.29, 1.82) is 0 Å². The van der Waals surface area contributed by atoms with E-state index in [1.165, 1.54) is 22.7 Å². The van der Waals surface area contributed by atoms with Gasteiger partial charge >= 0.3 is 0 Å². The van der Waals surface area contributed by atoms with E-state index in [2.05, 4.69) is 20.4 Å². The van der Waals surface area contributed by atoms with Gasteiger partial charge in [-0.05, 0) is 6.92 Å². The van der Waals surface area contributed by atoms with Crippen molar-refractivity contribution in [3.63, 3.8) is 0 Å². The van der Waals surface area contributed by atoms with E-state index in [9.17, 15) is 0 Å². The number of aromatic nitrogens is 4. The number of hydrogen-bond acceptors (Lipinski definition) is 8. The molecule has 0 saturated heterocycles. The van der Waals surface area contributed by atoms with E-state index in [1.807, 2.05) is 6.92 Å². The fourth-order valence-electron chi connectivity index (χ4n) is 0.828. The summed E-state index contributed by atoms with van der Waals surface area (Å²) in [5, 5.41) is 17.2. The van der Waals surface area contributed by atoms with E-state index in [0.29, 0.717) is 11.8 Å². The van der Waals surface area contributed by atoms with Crippen LogP contribution in [0.1, 0.15) is 11.9 Å². The molecule has 0 amide bonds. The van der Waals surface area contributed by atoms with Crippen LogP contribution >= 0.6 is 34.4 Å². The fraction of sp³-hybridized carbons (Fsp3) is 0.429. The lowest BCUT2D eigenvalue weighted by molar-refractivity contribution is 0.335. The Morgan fingerprint density at radius 1 is 1.40 bits per heavy atom. The van der Waals surface area contributed by atoms with Crippen molar-refractivity contribution in [1.82, 2.24) is 20.4 Å². The van der Waals surface area contributed by atoms with Crippen LogP contribution in [0, 0.1) is 0 Å². The van der Waals surface area contributed by atoms with Gasteiger partial charge in [0.25, 0.3) is 5.19 Å². The van der Waals surface area contributed by atoms with Gasteiger partial charge in [0.05, 0.1) is 12.4 Å². The summed E-state index contributed by atoms with van der Waals surface area (Å²) in [6.45, 7) is 2.55. The van der Waals surface area contributed by atoms with Gasteiger partial charge in [0.2, 0.25) is 0 Å². The zero-order valence-corrected chi connectivity index (χ0v) is 10.4. The molecule has 0 unspecified atom stereocenters. The molecule has 0 spiro atoms. The van der Waals surface area contributed by atoms with Crippen LogP contribution in [0.5, 0.6) is 5.19 Å². The van der Waals surface area contributed by atoms with Crippen molar-refractivity contribution in [3.05, 3.63) is 10.5 Å². The second kappa shape index (κ2) is 5.38. The van der Waals surface area contributed by atoms with E-state index >= 15 is 0 Å². The summed E-state index contributed by atoms with van der Waals surface area (Å²) in [5.41, 5.74) is 1.72. The summed E-state index contributed by atoms with van der Waals surface area (Å²) in [5.74, 6) is 0.764. The number of hydrogen-bond donors (Lipinski definition) is 0. The Morgan fingerprint density at radius 2 is 2.33 bits per heavy atom. The van der Waals surface area contributed by atoms with Gasteiger partial charge in [-0.15, -0.1) is 20.4 Å². The van der Waals surface area contributed by atoms with Gasteiger partial charge in [0.1, 0.15) is 10.5 Å². The highest BCUT2D eigenvalue weighted by molar-refractivity contribution is 8.00. The second-order valence-corrected chi connectivity index (χ2v) is 5.47. The first-order valence-corrected chi connectivity index (χ1v) is 6.91. The Balaban J connectivity index is 1.88. The number of nitrogens with zero attached hydrogens (tertiary/aromatic N) is 4. The summed E-state index contributed by atoms with van der Waals surface area (Å²) < 4.78 is 6.18. The molecule has 0 aliphatic carbocycles. The Labute approximate surface area is 98.9 Å². The van der Waals surface area contributed by atoms with Gasteiger partial charge < -0.3 is 4.74 Å². The molecule has 2 rings (SSSR count). The third kappa shape index (κ3) is 3.11. The predicted molar refractivity (Wildman–Crippen MR) is 60.5 cm³/mol. The molecule has 0 aliphatic rings. The molecule has 0 radical (unpaired) electrons. The van der Waals surface area contributed by atoms with Crippen molar-refractivity contribution >= 4 is 34.4 Å². The molecular formula is C7H8N4OS3. The van der Waals surface area contributed by atoms with Crippen molar-refractivity contribution in [3.8, 4) is 5.19 Å². The van der Waals surface area contributed by atoms with Crippen LogP contribution in [0.4, 0.5) is 0 Å². The van der Waals surface area contributed by atoms with Gasteiger partial charge in [-0.1, -0.05) is 34.4 Å². The average Bonchev–Trinajstić information content (AvgIpc) is 2.85. The molecule has 2 aromatic rings. The highest BCUT2D eigenvalue weighted by Crippen LogP contribution is 2.27. The maximum absolute atomic E-state index is 5.23. The topological polar surface area (TPSA) is 60.8 Å². The Morgan fingerprint density at radius 3 is 3.07 bits per heavy atom. The molecule has 0 N–H and O–H groups in total. The van der Waals surface area contributed by atoms with Crippen molar-refractivity contribution < 1.29 is 4.74 Å². The minimum Gasteiger partial charge on any atom is -0.469 e. The SMILES string of the molecule is CCOc1nnc(CSc2nncs2)s1.